The van der Waals surface area contributed by atoms with Crippen LogP contribution in [0.4, 0.5) is 0 Å². The van der Waals surface area contributed by atoms with Gasteiger partial charge in [-0.15, -0.1) is 0 Å². The maximum Gasteiger partial charge on any atom is 0.260 e. The van der Waals surface area contributed by atoms with Gasteiger partial charge in [-0.3, -0.25) is 9.97 Å². The van der Waals surface area contributed by atoms with Crippen LogP contribution in [0.15, 0.2) is 170 Å². The highest BCUT2D eigenvalue weighted by Crippen LogP contribution is 2.43. The van der Waals surface area contributed by atoms with Gasteiger partial charge in [0, 0.05) is 45.4 Å². The molecule has 0 spiro atoms. The Morgan fingerprint density at radius 2 is 0.981 bits per heavy atom. The van der Waals surface area contributed by atoms with Crippen LogP contribution in [-0.2, 0) is 0 Å². The van der Waals surface area contributed by atoms with E-state index in [-0.39, 0.29) is 6.71 Å². The number of ether oxygens (including phenoxy) is 2. The Hall–Kier alpha value is -6.92. The molecule has 0 saturated carbocycles. The molecule has 6 heteroatoms. The number of pyridine rings is 2. The van der Waals surface area contributed by atoms with Crippen LogP contribution in [0.1, 0.15) is 0 Å². The third kappa shape index (κ3) is 4.31. The van der Waals surface area contributed by atoms with Crippen LogP contribution in [0.3, 0.4) is 0 Å². The molecule has 5 heterocycles. The summed E-state index contributed by atoms with van der Waals surface area (Å²) in [5.41, 5.74) is 12.4. The van der Waals surface area contributed by atoms with E-state index < -0.39 is 0 Å². The summed E-state index contributed by atoms with van der Waals surface area (Å²) in [5, 5.41) is 2.49. The van der Waals surface area contributed by atoms with E-state index in [1.807, 2.05) is 48.8 Å². The molecule has 0 atom stereocenters. The molecule has 0 aliphatic carbocycles. The lowest BCUT2D eigenvalue weighted by molar-refractivity contribution is 0.466. The van der Waals surface area contributed by atoms with E-state index in [1.165, 1.54) is 21.8 Å². The number of benzene rings is 6. The molecular formula is C46H28BN3O2. The largest absolute Gasteiger partial charge is 0.458 e. The highest BCUT2D eigenvalue weighted by molar-refractivity contribution is 6.98. The lowest BCUT2D eigenvalue weighted by Crippen LogP contribution is -2.57. The molecule has 2 aliphatic rings. The first-order chi connectivity index (χ1) is 25.8. The van der Waals surface area contributed by atoms with Gasteiger partial charge in [0.1, 0.15) is 23.0 Å². The van der Waals surface area contributed by atoms with Crippen LogP contribution in [0.2, 0.25) is 0 Å². The Balaban J connectivity index is 1.09. The van der Waals surface area contributed by atoms with Gasteiger partial charge in [-0.05, 0) is 94.8 Å². The Kier molecular flexibility index (Phi) is 6.28. The van der Waals surface area contributed by atoms with Crippen molar-refractivity contribution in [2.24, 2.45) is 0 Å². The van der Waals surface area contributed by atoms with E-state index in [2.05, 4.69) is 126 Å². The minimum absolute atomic E-state index is 0.100. The summed E-state index contributed by atoms with van der Waals surface area (Å²) in [6.45, 7) is -0.100. The molecule has 242 valence electrons. The Bertz CT molecular complexity index is 2680. The molecule has 0 N–H and O–H groups in total. The zero-order valence-corrected chi connectivity index (χ0v) is 27.9. The minimum atomic E-state index is -0.100. The molecule has 3 aromatic heterocycles. The fourth-order valence-corrected chi connectivity index (χ4v) is 8.16. The predicted molar refractivity (Wildman–Crippen MR) is 210 cm³/mol. The van der Waals surface area contributed by atoms with Crippen molar-refractivity contribution >= 4 is 44.9 Å². The second kappa shape index (κ2) is 11.3. The number of hydrogen-bond donors (Lipinski definition) is 0. The molecule has 0 saturated heterocycles. The summed E-state index contributed by atoms with van der Waals surface area (Å²) in [5.74, 6) is 3.21. The van der Waals surface area contributed by atoms with E-state index in [0.717, 1.165) is 78.7 Å². The van der Waals surface area contributed by atoms with Crippen molar-refractivity contribution in [2.75, 3.05) is 0 Å². The average Bonchev–Trinajstić information content (AvgIpc) is 3.55. The van der Waals surface area contributed by atoms with Gasteiger partial charge in [-0.1, -0.05) is 84.9 Å². The van der Waals surface area contributed by atoms with Gasteiger partial charge in [0.25, 0.3) is 6.71 Å². The van der Waals surface area contributed by atoms with E-state index >= 15 is 0 Å². The quantitative estimate of drug-likeness (QED) is 0.176. The van der Waals surface area contributed by atoms with Crippen LogP contribution >= 0.6 is 0 Å². The molecule has 9 aromatic rings. The van der Waals surface area contributed by atoms with Crippen molar-refractivity contribution < 1.29 is 9.47 Å². The Morgan fingerprint density at radius 1 is 0.462 bits per heavy atom. The summed E-state index contributed by atoms with van der Waals surface area (Å²) in [7, 11) is 0. The Morgan fingerprint density at radius 3 is 1.50 bits per heavy atom. The van der Waals surface area contributed by atoms with E-state index in [4.69, 9.17) is 19.4 Å². The lowest BCUT2D eigenvalue weighted by Gasteiger charge is -2.34. The third-order valence-corrected chi connectivity index (χ3v) is 10.5. The van der Waals surface area contributed by atoms with Gasteiger partial charge in [-0.2, -0.15) is 0 Å². The fraction of sp³-hybridized carbons (Fsp3) is 0. The van der Waals surface area contributed by atoms with Gasteiger partial charge >= 0.3 is 0 Å². The predicted octanol–water partition coefficient (Wildman–Crippen LogP) is 9.30. The minimum Gasteiger partial charge on any atom is -0.458 e. The molecule has 6 aromatic carbocycles. The first-order valence-corrected chi connectivity index (χ1v) is 17.5. The lowest BCUT2D eigenvalue weighted by atomic mass is 9.34. The topological polar surface area (TPSA) is 49.2 Å². The number of aromatic nitrogens is 3. The van der Waals surface area contributed by atoms with Crippen molar-refractivity contribution in [1.29, 1.82) is 0 Å². The first kappa shape index (κ1) is 28.9. The van der Waals surface area contributed by atoms with Crippen molar-refractivity contribution in [1.82, 2.24) is 14.5 Å². The second-order valence-electron chi connectivity index (χ2n) is 13.3. The fourth-order valence-electron chi connectivity index (χ4n) is 8.16. The maximum absolute atomic E-state index is 6.94. The number of para-hydroxylation sites is 4. The molecular weight excluding hydrogens is 637 g/mol. The average molecular weight is 666 g/mol. The van der Waals surface area contributed by atoms with E-state index in [1.54, 1.807) is 0 Å². The van der Waals surface area contributed by atoms with E-state index in [9.17, 15) is 0 Å². The van der Waals surface area contributed by atoms with Gasteiger partial charge in [-0.25, -0.2) is 0 Å². The standard InChI is InChI=1S/C46H28BN3O2/c1-3-19-40-32(11-1)33-12-2-4-20-41(33)50(40)31-23-21-29(22-24-31)30-27-42-44-43(28-30)52-46-35(39-18-6-8-26-49-39)14-10-16-37(46)47(44)36-15-9-13-34(45(36)51-42)38-17-5-7-25-48-38/h1-28H. The summed E-state index contributed by atoms with van der Waals surface area (Å²) in [4.78, 5) is 9.42. The van der Waals surface area contributed by atoms with Crippen molar-refractivity contribution in [3.05, 3.63) is 170 Å². The Labute approximate surface area is 300 Å². The number of fused-ring (bicyclic) bond motifs is 7. The first-order valence-electron chi connectivity index (χ1n) is 17.5. The van der Waals surface area contributed by atoms with Crippen LogP contribution in [-0.4, -0.2) is 21.2 Å². The molecule has 0 amide bonds. The molecule has 5 nitrogen and oxygen atoms in total. The summed E-state index contributed by atoms with van der Waals surface area (Å²) in [6.07, 6.45) is 3.65. The molecule has 0 bridgehead atoms. The van der Waals surface area contributed by atoms with Crippen molar-refractivity contribution in [3.63, 3.8) is 0 Å². The molecule has 52 heavy (non-hydrogen) atoms. The van der Waals surface area contributed by atoms with Crippen LogP contribution in [0.5, 0.6) is 23.0 Å². The van der Waals surface area contributed by atoms with Gasteiger partial charge < -0.3 is 14.0 Å². The zero-order valence-electron chi connectivity index (χ0n) is 27.9. The molecule has 2 aliphatic heterocycles. The van der Waals surface area contributed by atoms with Gasteiger partial charge in [0.15, 0.2) is 0 Å². The van der Waals surface area contributed by atoms with Crippen molar-refractivity contribution in [2.45, 2.75) is 0 Å². The summed E-state index contributed by atoms with van der Waals surface area (Å²) in [6, 6.07) is 55.0. The zero-order chi connectivity index (χ0) is 34.2. The number of hydrogen-bond acceptors (Lipinski definition) is 4. The molecule has 0 unspecified atom stereocenters. The van der Waals surface area contributed by atoms with E-state index in [0.29, 0.717) is 0 Å². The monoisotopic (exact) mass is 665 g/mol. The molecule has 0 fully saturated rings. The van der Waals surface area contributed by atoms with Gasteiger partial charge in [0.2, 0.25) is 0 Å². The highest BCUT2D eigenvalue weighted by atomic mass is 16.5. The third-order valence-electron chi connectivity index (χ3n) is 10.5. The SMILES string of the molecule is c1ccc(-c2cccc3c2Oc2cc(-c4ccc(-n5c6ccccc6c6ccccc65)cc4)cc4c2B3c2cccc(-c3ccccn3)c2O4)nc1. The second-order valence-corrected chi connectivity index (χ2v) is 13.3. The van der Waals surface area contributed by atoms with Crippen molar-refractivity contribution in [3.8, 4) is 62.3 Å². The maximum atomic E-state index is 6.94. The summed E-state index contributed by atoms with van der Waals surface area (Å²) >= 11 is 0. The molecule has 11 rings (SSSR count). The van der Waals surface area contributed by atoms with Crippen LogP contribution in [0.25, 0.3) is 61.1 Å². The molecule has 0 radical (unpaired) electrons. The normalized spacial score (nSPS) is 12.5. The number of rotatable bonds is 4. The van der Waals surface area contributed by atoms with Gasteiger partial charge in [0.05, 0.1) is 22.4 Å². The highest BCUT2D eigenvalue weighted by Gasteiger charge is 2.42. The number of nitrogens with zero attached hydrogens (tertiary/aromatic N) is 3. The summed E-state index contributed by atoms with van der Waals surface area (Å²) < 4.78 is 16.2. The smallest absolute Gasteiger partial charge is 0.260 e. The van der Waals surface area contributed by atoms with Crippen LogP contribution < -0.4 is 25.9 Å². The van der Waals surface area contributed by atoms with Crippen LogP contribution in [0, 0.1) is 0 Å².